The smallest absolute Gasteiger partial charge is 0.337 e. The molecule has 0 aliphatic carbocycles. The molecule has 2 aromatic heterocycles. The third-order valence-electron chi connectivity index (χ3n) is 3.95. The Bertz CT molecular complexity index is 1040. The molecule has 2 heterocycles. The zero-order valence-electron chi connectivity index (χ0n) is 15.6. The van der Waals surface area contributed by atoms with E-state index in [0.29, 0.717) is 16.9 Å². The minimum Gasteiger partial charge on any atom is -0.465 e. The molecule has 8 nitrogen and oxygen atoms in total. The van der Waals surface area contributed by atoms with E-state index in [9.17, 15) is 14.4 Å². The van der Waals surface area contributed by atoms with Gasteiger partial charge in [-0.05, 0) is 42.5 Å². The van der Waals surface area contributed by atoms with Crippen LogP contribution in [0, 0.1) is 0 Å². The lowest BCUT2D eigenvalue weighted by atomic mass is 10.1. The summed E-state index contributed by atoms with van der Waals surface area (Å²) in [6.45, 7) is 0.248. The highest BCUT2D eigenvalue weighted by Gasteiger charge is 2.13. The molecule has 2 N–H and O–H groups in total. The number of esters is 1. The zero-order valence-corrected chi connectivity index (χ0v) is 15.6. The number of rotatable bonds is 6. The number of methoxy groups -OCH3 is 1. The van der Waals surface area contributed by atoms with Crippen molar-refractivity contribution >= 4 is 23.5 Å². The van der Waals surface area contributed by atoms with Crippen LogP contribution in [-0.4, -0.2) is 34.9 Å². The molecule has 0 radical (unpaired) electrons. The zero-order chi connectivity index (χ0) is 20.6. The molecule has 0 spiro atoms. The van der Waals surface area contributed by atoms with Crippen molar-refractivity contribution in [2.24, 2.45) is 0 Å². The van der Waals surface area contributed by atoms with E-state index in [2.05, 4.69) is 25.3 Å². The average Bonchev–Trinajstić information content (AvgIpc) is 2.77. The lowest BCUT2D eigenvalue weighted by molar-refractivity contribution is 0.0600. The predicted molar refractivity (Wildman–Crippen MR) is 105 cm³/mol. The lowest BCUT2D eigenvalue weighted by Crippen LogP contribution is -2.25. The van der Waals surface area contributed by atoms with Gasteiger partial charge in [0.25, 0.3) is 11.8 Å². The van der Waals surface area contributed by atoms with E-state index < -0.39 is 17.8 Å². The predicted octanol–water partition coefficient (Wildman–Crippen LogP) is 2.45. The van der Waals surface area contributed by atoms with Gasteiger partial charge in [-0.1, -0.05) is 12.1 Å². The molecular formula is C21H18N4O4. The number of hydrogen-bond acceptors (Lipinski definition) is 6. The normalized spacial score (nSPS) is 10.1. The maximum atomic E-state index is 12.5. The summed E-state index contributed by atoms with van der Waals surface area (Å²) < 4.78 is 4.67. The fourth-order valence-corrected chi connectivity index (χ4v) is 2.51. The second-order valence-electron chi connectivity index (χ2n) is 5.96. The van der Waals surface area contributed by atoms with Crippen LogP contribution in [0.4, 0.5) is 5.69 Å². The Morgan fingerprint density at radius 3 is 2.52 bits per heavy atom. The number of pyridine rings is 2. The molecule has 1 aromatic carbocycles. The SMILES string of the molecule is COC(=O)c1cccc(NC(=O)c2ccnc(C(=O)NCc3ccccn3)c2)c1. The minimum atomic E-state index is -0.503. The standard InChI is InChI=1S/C21H18N4O4/c1-29-21(28)15-5-4-7-16(11-15)25-19(26)14-8-10-23-18(12-14)20(27)24-13-17-6-2-3-9-22-17/h2-12H,13H2,1H3,(H,24,27)(H,25,26). The Balaban J connectivity index is 1.67. The molecule has 0 bridgehead atoms. The number of nitrogens with zero attached hydrogens (tertiary/aromatic N) is 2. The maximum absolute atomic E-state index is 12.5. The number of hydrogen-bond donors (Lipinski definition) is 2. The van der Waals surface area contributed by atoms with E-state index in [1.54, 1.807) is 36.5 Å². The number of benzene rings is 1. The number of ether oxygens (including phenoxy) is 1. The fourth-order valence-electron chi connectivity index (χ4n) is 2.51. The quantitative estimate of drug-likeness (QED) is 0.626. The average molecular weight is 390 g/mol. The first-order chi connectivity index (χ1) is 14.1. The van der Waals surface area contributed by atoms with Gasteiger partial charge in [0.05, 0.1) is 24.9 Å². The number of carbonyl (C=O) groups is 3. The molecule has 2 amide bonds. The van der Waals surface area contributed by atoms with Crippen molar-refractivity contribution in [2.45, 2.75) is 6.54 Å². The molecule has 0 aliphatic heterocycles. The van der Waals surface area contributed by atoms with Crippen LogP contribution in [0.3, 0.4) is 0 Å². The molecule has 3 aromatic rings. The third-order valence-corrected chi connectivity index (χ3v) is 3.95. The van der Waals surface area contributed by atoms with Gasteiger partial charge in [0, 0.05) is 23.6 Å². The number of amides is 2. The van der Waals surface area contributed by atoms with Crippen LogP contribution in [0.15, 0.2) is 67.0 Å². The number of nitrogens with one attached hydrogen (secondary N) is 2. The van der Waals surface area contributed by atoms with Crippen LogP contribution < -0.4 is 10.6 Å². The second kappa shape index (κ2) is 9.23. The Morgan fingerprint density at radius 1 is 0.897 bits per heavy atom. The molecule has 146 valence electrons. The van der Waals surface area contributed by atoms with Crippen molar-refractivity contribution in [1.29, 1.82) is 0 Å². The maximum Gasteiger partial charge on any atom is 0.337 e. The van der Waals surface area contributed by atoms with Gasteiger partial charge in [0.15, 0.2) is 0 Å². The van der Waals surface area contributed by atoms with Crippen LogP contribution in [0.1, 0.15) is 36.9 Å². The Labute approximate surface area is 167 Å². The Hall–Kier alpha value is -4.07. The first-order valence-electron chi connectivity index (χ1n) is 8.70. The number of aromatic nitrogens is 2. The third kappa shape index (κ3) is 5.23. The van der Waals surface area contributed by atoms with Crippen LogP contribution in [0.2, 0.25) is 0 Å². The summed E-state index contributed by atoms with van der Waals surface area (Å²) >= 11 is 0. The summed E-state index contributed by atoms with van der Waals surface area (Å²) in [7, 11) is 1.28. The van der Waals surface area contributed by atoms with Crippen molar-refractivity contribution in [2.75, 3.05) is 12.4 Å². The van der Waals surface area contributed by atoms with E-state index in [1.165, 1.54) is 31.5 Å². The van der Waals surface area contributed by atoms with Gasteiger partial charge >= 0.3 is 5.97 Å². The molecule has 0 fully saturated rings. The Kier molecular flexibility index (Phi) is 6.26. The van der Waals surface area contributed by atoms with Gasteiger partial charge < -0.3 is 15.4 Å². The molecule has 0 saturated heterocycles. The van der Waals surface area contributed by atoms with Crippen LogP contribution >= 0.6 is 0 Å². The summed E-state index contributed by atoms with van der Waals surface area (Å²) in [4.78, 5) is 44.6. The van der Waals surface area contributed by atoms with Gasteiger partial charge in [-0.2, -0.15) is 0 Å². The molecule has 29 heavy (non-hydrogen) atoms. The van der Waals surface area contributed by atoms with Crippen LogP contribution in [0.25, 0.3) is 0 Å². The van der Waals surface area contributed by atoms with E-state index in [1.807, 2.05) is 6.07 Å². The summed E-state index contributed by atoms with van der Waals surface area (Å²) in [5.41, 5.74) is 1.81. The summed E-state index contributed by atoms with van der Waals surface area (Å²) in [6, 6.07) is 14.7. The van der Waals surface area contributed by atoms with E-state index in [-0.39, 0.29) is 17.8 Å². The fraction of sp³-hybridized carbons (Fsp3) is 0.0952. The summed E-state index contributed by atoms with van der Waals surface area (Å²) in [5.74, 6) is -1.36. The van der Waals surface area contributed by atoms with Gasteiger partial charge in [0.2, 0.25) is 0 Å². The Morgan fingerprint density at radius 2 is 1.76 bits per heavy atom. The summed E-state index contributed by atoms with van der Waals surface area (Å²) in [5, 5.41) is 5.40. The number of anilines is 1. The van der Waals surface area contributed by atoms with E-state index >= 15 is 0 Å². The number of carbonyl (C=O) groups excluding carboxylic acids is 3. The van der Waals surface area contributed by atoms with E-state index in [4.69, 9.17) is 0 Å². The molecule has 0 saturated carbocycles. The molecule has 0 atom stereocenters. The van der Waals surface area contributed by atoms with Crippen molar-refractivity contribution < 1.29 is 19.1 Å². The summed E-state index contributed by atoms with van der Waals surface area (Å²) in [6.07, 6.45) is 3.02. The van der Waals surface area contributed by atoms with E-state index in [0.717, 1.165) is 0 Å². The monoisotopic (exact) mass is 390 g/mol. The highest BCUT2D eigenvalue weighted by molar-refractivity contribution is 6.06. The minimum absolute atomic E-state index is 0.108. The second-order valence-corrected chi connectivity index (χ2v) is 5.96. The largest absolute Gasteiger partial charge is 0.465 e. The van der Waals surface area contributed by atoms with Crippen molar-refractivity contribution in [3.05, 3.63) is 89.5 Å². The van der Waals surface area contributed by atoms with Crippen LogP contribution in [-0.2, 0) is 11.3 Å². The van der Waals surface area contributed by atoms with Crippen molar-refractivity contribution in [1.82, 2.24) is 15.3 Å². The topological polar surface area (TPSA) is 110 Å². The highest BCUT2D eigenvalue weighted by Crippen LogP contribution is 2.13. The molecule has 0 aliphatic rings. The first-order valence-corrected chi connectivity index (χ1v) is 8.70. The molecule has 0 unspecified atom stereocenters. The molecule has 3 rings (SSSR count). The van der Waals surface area contributed by atoms with Crippen LogP contribution in [0.5, 0.6) is 0 Å². The van der Waals surface area contributed by atoms with Gasteiger partial charge in [-0.25, -0.2) is 4.79 Å². The molecular weight excluding hydrogens is 372 g/mol. The van der Waals surface area contributed by atoms with Crippen molar-refractivity contribution in [3.63, 3.8) is 0 Å². The highest BCUT2D eigenvalue weighted by atomic mass is 16.5. The first kappa shape index (κ1) is 19.7. The van der Waals surface area contributed by atoms with Gasteiger partial charge in [0.1, 0.15) is 5.69 Å². The van der Waals surface area contributed by atoms with Gasteiger partial charge in [-0.3, -0.25) is 19.6 Å². The lowest BCUT2D eigenvalue weighted by Gasteiger charge is -2.08. The van der Waals surface area contributed by atoms with Crippen molar-refractivity contribution in [3.8, 4) is 0 Å². The van der Waals surface area contributed by atoms with Gasteiger partial charge in [-0.15, -0.1) is 0 Å². The molecule has 8 heteroatoms.